The van der Waals surface area contributed by atoms with E-state index in [0.717, 1.165) is 31.2 Å². The van der Waals surface area contributed by atoms with Crippen LogP contribution in [0.2, 0.25) is 0 Å². The first kappa shape index (κ1) is 11.9. The van der Waals surface area contributed by atoms with Crippen molar-refractivity contribution >= 4 is 11.3 Å². The average Bonchev–Trinajstić information content (AvgIpc) is 2.85. The monoisotopic (exact) mass is 259 g/mol. The number of aliphatic hydroxyl groups excluding tert-OH is 1. The number of aliphatic hydroxyl groups is 1. The summed E-state index contributed by atoms with van der Waals surface area (Å²) < 4.78 is 0. The number of aromatic nitrogens is 1. The second-order valence-electron chi connectivity index (χ2n) is 4.97. The van der Waals surface area contributed by atoms with Crippen LogP contribution in [0, 0.1) is 5.92 Å². The van der Waals surface area contributed by atoms with Gasteiger partial charge in [0.25, 0.3) is 0 Å². The summed E-state index contributed by atoms with van der Waals surface area (Å²) >= 11 is 1.68. The van der Waals surface area contributed by atoms with Crippen molar-refractivity contribution in [2.45, 2.75) is 31.8 Å². The van der Waals surface area contributed by atoms with Crippen LogP contribution in [0.1, 0.15) is 34.9 Å². The van der Waals surface area contributed by atoms with Crippen molar-refractivity contribution in [2.75, 3.05) is 0 Å². The minimum atomic E-state index is -0.328. The van der Waals surface area contributed by atoms with Crippen molar-refractivity contribution in [3.63, 3.8) is 0 Å². The fraction of sp³-hybridized carbons (Fsp3) is 0.400. The van der Waals surface area contributed by atoms with Gasteiger partial charge in [0.15, 0.2) is 0 Å². The van der Waals surface area contributed by atoms with Gasteiger partial charge in [-0.15, -0.1) is 11.3 Å². The molecule has 0 radical (unpaired) electrons. The molecule has 3 rings (SSSR count). The number of benzene rings is 1. The number of hydrogen-bond donors (Lipinski definition) is 1. The van der Waals surface area contributed by atoms with E-state index in [0.29, 0.717) is 5.92 Å². The van der Waals surface area contributed by atoms with Crippen LogP contribution in [-0.2, 0) is 12.8 Å². The van der Waals surface area contributed by atoms with Crippen molar-refractivity contribution in [3.8, 4) is 0 Å². The Morgan fingerprint density at radius 2 is 2.22 bits per heavy atom. The van der Waals surface area contributed by atoms with Gasteiger partial charge in [-0.25, -0.2) is 0 Å². The Labute approximate surface area is 111 Å². The number of thiazole rings is 1. The van der Waals surface area contributed by atoms with Gasteiger partial charge in [0, 0.05) is 11.1 Å². The van der Waals surface area contributed by atoms with Gasteiger partial charge in [0.2, 0.25) is 0 Å². The molecule has 2 atom stereocenters. The van der Waals surface area contributed by atoms with Crippen molar-refractivity contribution in [1.82, 2.24) is 4.98 Å². The highest BCUT2D eigenvalue weighted by Gasteiger charge is 2.26. The lowest BCUT2D eigenvalue weighted by Gasteiger charge is -2.21. The molecule has 0 aliphatic heterocycles. The Morgan fingerprint density at radius 3 is 3.06 bits per heavy atom. The van der Waals surface area contributed by atoms with Crippen molar-refractivity contribution in [3.05, 3.63) is 52.0 Å². The molecule has 2 nitrogen and oxygen atoms in total. The predicted molar refractivity (Wildman–Crippen MR) is 73.6 cm³/mol. The van der Waals surface area contributed by atoms with Crippen molar-refractivity contribution in [1.29, 1.82) is 0 Å². The standard InChI is InChI=1S/C15H17NOS/c17-15-12(8-13-9-16-10-18-13)6-3-5-11-4-1-2-7-14(11)15/h1-2,4,7,9-10,12,15,17H,3,5-6,8H2. The van der Waals surface area contributed by atoms with E-state index < -0.39 is 0 Å². The molecule has 1 aromatic carbocycles. The molecule has 0 saturated carbocycles. The second kappa shape index (κ2) is 5.21. The summed E-state index contributed by atoms with van der Waals surface area (Å²) in [6.07, 6.45) is 5.89. The fourth-order valence-electron chi connectivity index (χ4n) is 2.83. The van der Waals surface area contributed by atoms with E-state index in [1.165, 1.54) is 10.4 Å². The molecule has 1 N–H and O–H groups in total. The second-order valence-corrected chi connectivity index (χ2v) is 5.94. The lowest BCUT2D eigenvalue weighted by Crippen LogP contribution is -2.14. The molecule has 94 valence electrons. The van der Waals surface area contributed by atoms with Crippen LogP contribution in [-0.4, -0.2) is 10.1 Å². The van der Waals surface area contributed by atoms with Crippen LogP contribution in [0.15, 0.2) is 36.0 Å². The lowest BCUT2D eigenvalue weighted by atomic mass is 9.90. The molecular formula is C15H17NOS. The highest BCUT2D eigenvalue weighted by atomic mass is 32.1. The average molecular weight is 259 g/mol. The fourth-order valence-corrected chi connectivity index (χ4v) is 3.52. The Balaban J connectivity index is 1.85. The molecule has 1 aromatic heterocycles. The minimum absolute atomic E-state index is 0.328. The number of aryl methyl sites for hydroxylation is 1. The van der Waals surface area contributed by atoms with Crippen molar-refractivity contribution < 1.29 is 5.11 Å². The van der Waals surface area contributed by atoms with E-state index >= 15 is 0 Å². The molecule has 2 unspecified atom stereocenters. The first-order valence-corrected chi connectivity index (χ1v) is 7.36. The largest absolute Gasteiger partial charge is 0.388 e. The van der Waals surface area contributed by atoms with Crippen LogP contribution in [0.4, 0.5) is 0 Å². The maximum absolute atomic E-state index is 10.6. The zero-order valence-corrected chi connectivity index (χ0v) is 11.1. The van der Waals surface area contributed by atoms with Crippen LogP contribution in [0.25, 0.3) is 0 Å². The van der Waals surface area contributed by atoms with Gasteiger partial charge in [-0.05, 0) is 42.7 Å². The zero-order chi connectivity index (χ0) is 12.4. The summed E-state index contributed by atoms with van der Waals surface area (Å²) in [4.78, 5) is 5.39. The SMILES string of the molecule is OC1c2ccccc2CCCC1Cc1cncs1. The van der Waals surface area contributed by atoms with Gasteiger partial charge < -0.3 is 5.11 Å². The highest BCUT2D eigenvalue weighted by Crippen LogP contribution is 2.35. The Kier molecular flexibility index (Phi) is 3.43. The summed E-state index contributed by atoms with van der Waals surface area (Å²) in [7, 11) is 0. The van der Waals surface area contributed by atoms with E-state index in [1.54, 1.807) is 11.3 Å². The molecule has 0 fully saturated rings. The molecule has 1 heterocycles. The molecular weight excluding hydrogens is 242 g/mol. The highest BCUT2D eigenvalue weighted by molar-refractivity contribution is 7.09. The molecule has 0 spiro atoms. The molecule has 0 amide bonds. The first-order valence-electron chi connectivity index (χ1n) is 6.48. The summed E-state index contributed by atoms with van der Waals surface area (Å²) in [5.74, 6) is 0.328. The molecule has 18 heavy (non-hydrogen) atoms. The van der Waals surface area contributed by atoms with Crippen LogP contribution >= 0.6 is 11.3 Å². The Bertz CT molecular complexity index is 509. The third kappa shape index (κ3) is 2.33. The van der Waals surface area contributed by atoms with E-state index in [2.05, 4.69) is 23.2 Å². The van der Waals surface area contributed by atoms with Gasteiger partial charge in [-0.3, -0.25) is 4.98 Å². The third-order valence-electron chi connectivity index (χ3n) is 3.79. The zero-order valence-electron chi connectivity index (χ0n) is 10.2. The maximum atomic E-state index is 10.6. The number of rotatable bonds is 2. The first-order chi connectivity index (χ1) is 8.84. The smallest absolute Gasteiger partial charge is 0.0824 e. The molecule has 1 aliphatic rings. The van der Waals surface area contributed by atoms with E-state index in [1.807, 2.05) is 17.8 Å². The third-order valence-corrected chi connectivity index (χ3v) is 4.59. The Hall–Kier alpha value is -1.19. The minimum Gasteiger partial charge on any atom is -0.388 e. The Morgan fingerprint density at radius 1 is 1.33 bits per heavy atom. The van der Waals surface area contributed by atoms with Gasteiger partial charge in [0.1, 0.15) is 0 Å². The molecule has 3 heteroatoms. The van der Waals surface area contributed by atoms with Crippen LogP contribution in [0.5, 0.6) is 0 Å². The van der Waals surface area contributed by atoms with Crippen molar-refractivity contribution in [2.24, 2.45) is 5.92 Å². The van der Waals surface area contributed by atoms with E-state index in [4.69, 9.17) is 0 Å². The van der Waals surface area contributed by atoms with E-state index in [9.17, 15) is 5.11 Å². The molecule has 0 bridgehead atoms. The van der Waals surface area contributed by atoms with E-state index in [-0.39, 0.29) is 6.10 Å². The summed E-state index contributed by atoms with van der Waals surface area (Å²) in [5.41, 5.74) is 4.31. The number of nitrogens with zero attached hydrogens (tertiary/aromatic N) is 1. The van der Waals surface area contributed by atoms with Gasteiger partial charge in [-0.1, -0.05) is 24.3 Å². The summed E-state index contributed by atoms with van der Waals surface area (Å²) in [5, 5.41) is 10.6. The van der Waals surface area contributed by atoms with Crippen LogP contribution < -0.4 is 0 Å². The molecule has 0 saturated heterocycles. The maximum Gasteiger partial charge on any atom is 0.0824 e. The topological polar surface area (TPSA) is 33.1 Å². The quantitative estimate of drug-likeness (QED) is 0.839. The normalized spacial score (nSPS) is 23.4. The number of hydrogen-bond acceptors (Lipinski definition) is 3. The predicted octanol–water partition coefficient (Wildman–Crippen LogP) is 3.37. The van der Waals surface area contributed by atoms with Gasteiger partial charge >= 0.3 is 0 Å². The molecule has 1 aliphatic carbocycles. The summed E-state index contributed by atoms with van der Waals surface area (Å²) in [6.45, 7) is 0. The van der Waals surface area contributed by atoms with Gasteiger partial charge in [0.05, 0.1) is 11.6 Å². The van der Waals surface area contributed by atoms with Gasteiger partial charge in [-0.2, -0.15) is 0 Å². The summed E-state index contributed by atoms with van der Waals surface area (Å²) in [6, 6.07) is 8.31. The molecule has 2 aromatic rings. The lowest BCUT2D eigenvalue weighted by molar-refractivity contribution is 0.105. The number of fused-ring (bicyclic) bond motifs is 1. The van der Waals surface area contributed by atoms with Crippen LogP contribution in [0.3, 0.4) is 0 Å².